The molecule has 0 spiro atoms. The minimum absolute atomic E-state index is 0.0671. The fourth-order valence-electron chi connectivity index (χ4n) is 0.735. The van der Waals surface area contributed by atoms with E-state index in [0.717, 1.165) is 0 Å². The van der Waals surface area contributed by atoms with Crippen LogP contribution in [0.15, 0.2) is 33.8 Å². The topological polar surface area (TPSA) is 94.8 Å². The summed E-state index contributed by atoms with van der Waals surface area (Å²) < 4.78 is -0.431. The van der Waals surface area contributed by atoms with Gasteiger partial charge in [0, 0.05) is 0 Å². The van der Waals surface area contributed by atoms with Crippen molar-refractivity contribution in [2.45, 2.75) is 0 Å². The van der Waals surface area contributed by atoms with Gasteiger partial charge in [-0.3, -0.25) is 0 Å². The van der Waals surface area contributed by atoms with Crippen LogP contribution in [0.5, 0.6) is 5.75 Å². The molecule has 18 heavy (non-hydrogen) atoms. The number of carboxylic acid groups (broad SMARTS) is 2. The minimum Gasteiger partial charge on any atom is -0.507 e. The highest BCUT2D eigenvalue weighted by Crippen LogP contribution is 2.17. The fourth-order valence-corrected chi connectivity index (χ4v) is 0.897. The second-order valence-electron chi connectivity index (χ2n) is 2.70. The Bertz CT molecular complexity index is 480. The van der Waals surface area contributed by atoms with Gasteiger partial charge in [-0.1, -0.05) is 46.9 Å². The molecule has 8 heteroatoms. The number of hydrogen-bond donors (Lipinski definition) is 3. The molecule has 1 rings (SSSR count). The number of benzene rings is 1. The molecule has 0 bridgehead atoms. The first-order valence-corrected chi connectivity index (χ1v) is 5.36. The van der Waals surface area contributed by atoms with E-state index in [-0.39, 0.29) is 11.3 Å². The van der Waals surface area contributed by atoms with Crippen LogP contribution in [0.4, 0.5) is 0 Å². The van der Waals surface area contributed by atoms with E-state index in [0.29, 0.717) is 0 Å². The maximum Gasteiger partial charge on any atom is 0.349 e. The van der Waals surface area contributed by atoms with Crippen LogP contribution in [0.25, 0.3) is 0 Å². The molecular formula is C10H7Cl3O5. The lowest BCUT2D eigenvalue weighted by Crippen LogP contribution is -1.95. The van der Waals surface area contributed by atoms with E-state index in [1.165, 1.54) is 12.1 Å². The van der Waals surface area contributed by atoms with Gasteiger partial charge in [0.05, 0.1) is 0 Å². The SMILES string of the molecule is O=C(O)C(Cl)=C(Cl)Cl.O=C(O)c1ccccc1O. The molecule has 98 valence electrons. The Morgan fingerprint density at radius 1 is 1.00 bits per heavy atom. The maximum absolute atomic E-state index is 10.3. The van der Waals surface area contributed by atoms with Crippen molar-refractivity contribution >= 4 is 46.7 Å². The summed E-state index contributed by atoms with van der Waals surface area (Å²) in [7, 11) is 0. The molecule has 0 atom stereocenters. The minimum atomic E-state index is -1.33. The number of rotatable bonds is 2. The molecular weight excluding hydrogens is 306 g/mol. The predicted octanol–water partition coefficient (Wildman–Crippen LogP) is 3.05. The molecule has 3 N–H and O–H groups in total. The molecule has 0 fully saturated rings. The highest BCUT2D eigenvalue weighted by molar-refractivity contribution is 6.62. The Labute approximate surface area is 117 Å². The van der Waals surface area contributed by atoms with Gasteiger partial charge in [0.1, 0.15) is 15.8 Å². The second-order valence-corrected chi connectivity index (χ2v) is 4.03. The van der Waals surface area contributed by atoms with Gasteiger partial charge in [0.15, 0.2) is 5.03 Å². The van der Waals surface area contributed by atoms with E-state index >= 15 is 0 Å². The van der Waals surface area contributed by atoms with Crippen molar-refractivity contribution in [2.24, 2.45) is 0 Å². The summed E-state index contributed by atoms with van der Waals surface area (Å²) in [4.78, 5) is 20.0. The van der Waals surface area contributed by atoms with E-state index in [1.807, 2.05) is 0 Å². The van der Waals surface area contributed by atoms with E-state index in [4.69, 9.17) is 50.1 Å². The number of hydrogen-bond acceptors (Lipinski definition) is 3. The molecule has 0 aliphatic carbocycles. The smallest absolute Gasteiger partial charge is 0.349 e. The van der Waals surface area contributed by atoms with Crippen molar-refractivity contribution in [2.75, 3.05) is 0 Å². The summed E-state index contributed by atoms with van der Waals surface area (Å²) in [5, 5.41) is 24.7. The van der Waals surface area contributed by atoms with Crippen molar-refractivity contribution < 1.29 is 24.9 Å². The highest BCUT2D eigenvalue weighted by atomic mass is 35.5. The Kier molecular flexibility index (Phi) is 7.19. The first-order valence-electron chi connectivity index (χ1n) is 4.22. The van der Waals surface area contributed by atoms with Crippen LogP contribution in [-0.4, -0.2) is 27.3 Å². The molecule has 1 aromatic rings. The number of halogens is 3. The molecule has 1 aromatic carbocycles. The Hall–Kier alpha value is -1.43. The van der Waals surface area contributed by atoms with Crippen molar-refractivity contribution in [3.63, 3.8) is 0 Å². The van der Waals surface area contributed by atoms with E-state index in [2.05, 4.69) is 0 Å². The van der Waals surface area contributed by atoms with E-state index in [9.17, 15) is 9.59 Å². The third-order valence-corrected chi connectivity index (χ3v) is 2.41. The quantitative estimate of drug-likeness (QED) is 0.729. The van der Waals surface area contributed by atoms with Gasteiger partial charge < -0.3 is 15.3 Å². The van der Waals surface area contributed by atoms with Crippen molar-refractivity contribution in [3.8, 4) is 5.75 Å². The fraction of sp³-hybridized carbons (Fsp3) is 0. The zero-order valence-electron chi connectivity index (χ0n) is 8.60. The largest absolute Gasteiger partial charge is 0.507 e. The summed E-state index contributed by atoms with van der Waals surface area (Å²) >= 11 is 14.9. The highest BCUT2D eigenvalue weighted by Gasteiger charge is 2.06. The van der Waals surface area contributed by atoms with Crippen LogP contribution in [0.3, 0.4) is 0 Å². The summed E-state index contributed by atoms with van der Waals surface area (Å²) in [6.45, 7) is 0. The number of aromatic carboxylic acids is 1. The number of para-hydroxylation sites is 1. The van der Waals surface area contributed by atoms with Crippen LogP contribution in [0, 0.1) is 0 Å². The zero-order valence-corrected chi connectivity index (χ0v) is 10.9. The van der Waals surface area contributed by atoms with Crippen molar-refractivity contribution in [1.82, 2.24) is 0 Å². The number of aromatic hydroxyl groups is 1. The zero-order chi connectivity index (χ0) is 14.3. The molecule has 0 heterocycles. The molecule has 0 saturated carbocycles. The van der Waals surface area contributed by atoms with Gasteiger partial charge in [0.25, 0.3) is 0 Å². The average Bonchev–Trinajstić information content (AvgIpc) is 2.28. The number of aliphatic carboxylic acids is 1. The molecule has 0 saturated heterocycles. The van der Waals surface area contributed by atoms with Crippen molar-refractivity contribution in [1.29, 1.82) is 0 Å². The first-order chi connectivity index (χ1) is 8.27. The van der Waals surface area contributed by atoms with E-state index < -0.39 is 21.5 Å². The van der Waals surface area contributed by atoms with Gasteiger partial charge in [-0.2, -0.15) is 0 Å². The van der Waals surface area contributed by atoms with E-state index in [1.54, 1.807) is 12.1 Å². The van der Waals surface area contributed by atoms with Crippen LogP contribution in [0.2, 0.25) is 0 Å². The lowest BCUT2D eigenvalue weighted by molar-refractivity contribution is -0.131. The second kappa shape index (κ2) is 7.81. The molecule has 0 aromatic heterocycles. The van der Waals surface area contributed by atoms with Crippen LogP contribution in [-0.2, 0) is 4.79 Å². The lowest BCUT2D eigenvalue weighted by Gasteiger charge is -1.95. The Morgan fingerprint density at radius 3 is 1.72 bits per heavy atom. The maximum atomic E-state index is 10.3. The van der Waals surface area contributed by atoms with Gasteiger partial charge in [-0.15, -0.1) is 0 Å². The first kappa shape index (κ1) is 16.6. The predicted molar refractivity (Wildman–Crippen MR) is 67.3 cm³/mol. The summed E-state index contributed by atoms with van der Waals surface area (Å²) in [6, 6.07) is 5.81. The van der Waals surface area contributed by atoms with Crippen LogP contribution < -0.4 is 0 Å². The normalized spacial score (nSPS) is 8.83. The molecule has 5 nitrogen and oxygen atoms in total. The number of carboxylic acids is 2. The molecule has 0 unspecified atom stereocenters. The summed E-state index contributed by atoms with van der Waals surface area (Å²) in [5.74, 6) is -2.64. The number of carbonyl (C=O) groups is 2. The third-order valence-electron chi connectivity index (χ3n) is 1.49. The molecule has 0 aliphatic rings. The Morgan fingerprint density at radius 2 is 1.50 bits per heavy atom. The van der Waals surface area contributed by atoms with Crippen LogP contribution >= 0.6 is 34.8 Å². The summed E-state index contributed by atoms with van der Waals surface area (Å²) in [6.07, 6.45) is 0. The summed E-state index contributed by atoms with van der Waals surface area (Å²) in [5.41, 5.74) is -0.0671. The third kappa shape index (κ3) is 5.77. The molecule has 0 amide bonds. The van der Waals surface area contributed by atoms with Crippen molar-refractivity contribution in [3.05, 3.63) is 39.4 Å². The van der Waals surface area contributed by atoms with Gasteiger partial charge in [-0.25, -0.2) is 9.59 Å². The van der Waals surface area contributed by atoms with Crippen LogP contribution in [0.1, 0.15) is 10.4 Å². The number of phenols is 1. The lowest BCUT2D eigenvalue weighted by atomic mass is 10.2. The Balaban J connectivity index is 0.000000331. The average molecular weight is 314 g/mol. The molecule has 0 aliphatic heterocycles. The molecule has 0 radical (unpaired) electrons. The standard InChI is InChI=1S/C7H6O3.C3HCl3O2/c8-6-4-2-1-3-5(6)7(9)10;4-1(2(5)6)3(7)8/h1-4,8H,(H,9,10);(H,7,8). The van der Waals surface area contributed by atoms with Gasteiger partial charge in [0.2, 0.25) is 0 Å². The van der Waals surface area contributed by atoms with Gasteiger partial charge in [-0.05, 0) is 12.1 Å². The van der Waals surface area contributed by atoms with Gasteiger partial charge >= 0.3 is 11.9 Å². The monoisotopic (exact) mass is 312 g/mol.